The molecule has 0 spiro atoms. The molecular formula is C16H26N4O2. The van der Waals surface area contributed by atoms with Crippen molar-refractivity contribution in [2.24, 2.45) is 5.73 Å². The lowest BCUT2D eigenvalue weighted by Crippen LogP contribution is -2.50. The van der Waals surface area contributed by atoms with E-state index in [0.29, 0.717) is 12.2 Å². The van der Waals surface area contributed by atoms with Crippen LogP contribution < -0.4 is 21.7 Å². The normalized spacial score (nSPS) is 13.0. The number of nitrogens with one attached hydrogen (secondary N) is 3. The minimum absolute atomic E-state index is 0.0473. The molecule has 0 radical (unpaired) electrons. The van der Waals surface area contributed by atoms with Gasteiger partial charge in [0.1, 0.15) is 6.04 Å². The number of carbonyl (C=O) groups excluding carboxylic acids is 2. The lowest BCUT2D eigenvalue weighted by Gasteiger charge is -2.20. The fraction of sp³-hybridized carbons (Fsp3) is 0.500. The number of unbranched alkanes of at least 4 members (excludes halogenated alkanes) is 1. The van der Waals surface area contributed by atoms with Crippen LogP contribution >= 0.6 is 0 Å². The summed E-state index contributed by atoms with van der Waals surface area (Å²) in [5.74, 6) is -0.227. The maximum atomic E-state index is 12.1. The first kappa shape index (κ1) is 18.0. The summed E-state index contributed by atoms with van der Waals surface area (Å²) in [4.78, 5) is 23.9. The fourth-order valence-electron chi connectivity index (χ4n) is 1.98. The van der Waals surface area contributed by atoms with Crippen LogP contribution in [0.3, 0.4) is 0 Å². The molecule has 122 valence electrons. The molecule has 0 heterocycles. The highest BCUT2D eigenvalue weighted by Crippen LogP contribution is 2.04. The highest BCUT2D eigenvalue weighted by molar-refractivity contribution is 5.93. The molecule has 22 heavy (non-hydrogen) atoms. The van der Waals surface area contributed by atoms with Gasteiger partial charge in [-0.1, -0.05) is 38.0 Å². The third kappa shape index (κ3) is 6.58. The molecule has 1 aromatic carbocycles. The molecule has 0 fully saturated rings. The third-order valence-corrected chi connectivity index (χ3v) is 3.31. The maximum Gasteiger partial charge on any atom is 0.319 e. The van der Waals surface area contributed by atoms with Gasteiger partial charge in [-0.25, -0.2) is 4.79 Å². The van der Waals surface area contributed by atoms with Crippen molar-refractivity contribution in [2.45, 2.75) is 45.2 Å². The van der Waals surface area contributed by atoms with Crippen LogP contribution in [0.5, 0.6) is 0 Å². The van der Waals surface area contributed by atoms with Crippen molar-refractivity contribution in [3.63, 3.8) is 0 Å². The molecule has 6 heteroatoms. The first-order chi connectivity index (χ1) is 10.6. The van der Waals surface area contributed by atoms with E-state index in [9.17, 15) is 9.59 Å². The SMILES string of the molecule is CCCCC(CN)NC(=O)C(C)NC(=O)Nc1ccccc1. The Kier molecular flexibility index (Phi) is 7.99. The largest absolute Gasteiger partial charge is 0.350 e. The zero-order chi connectivity index (χ0) is 16.4. The van der Waals surface area contributed by atoms with E-state index in [-0.39, 0.29) is 11.9 Å². The van der Waals surface area contributed by atoms with E-state index in [1.165, 1.54) is 0 Å². The summed E-state index contributed by atoms with van der Waals surface area (Å²) >= 11 is 0. The fourth-order valence-corrected chi connectivity index (χ4v) is 1.98. The number of rotatable bonds is 8. The molecular weight excluding hydrogens is 280 g/mol. The average molecular weight is 306 g/mol. The Morgan fingerprint density at radius 1 is 1.18 bits per heavy atom. The van der Waals surface area contributed by atoms with Crippen LogP contribution in [0, 0.1) is 0 Å². The van der Waals surface area contributed by atoms with E-state index >= 15 is 0 Å². The van der Waals surface area contributed by atoms with E-state index in [2.05, 4.69) is 22.9 Å². The summed E-state index contributed by atoms with van der Waals surface area (Å²) in [6.45, 7) is 4.13. The van der Waals surface area contributed by atoms with E-state index < -0.39 is 12.1 Å². The van der Waals surface area contributed by atoms with Crippen LogP contribution in [0.1, 0.15) is 33.1 Å². The van der Waals surface area contributed by atoms with Crippen molar-refractivity contribution in [3.05, 3.63) is 30.3 Å². The van der Waals surface area contributed by atoms with Crippen molar-refractivity contribution in [3.8, 4) is 0 Å². The molecule has 0 aliphatic carbocycles. The number of benzene rings is 1. The second-order valence-electron chi connectivity index (χ2n) is 5.27. The van der Waals surface area contributed by atoms with Crippen molar-refractivity contribution in [2.75, 3.05) is 11.9 Å². The molecule has 0 saturated heterocycles. The molecule has 0 saturated carbocycles. The molecule has 3 amide bonds. The zero-order valence-corrected chi connectivity index (χ0v) is 13.3. The summed E-state index contributed by atoms with van der Waals surface area (Å²) in [5, 5.41) is 8.15. The van der Waals surface area contributed by atoms with Crippen molar-refractivity contribution in [1.82, 2.24) is 10.6 Å². The van der Waals surface area contributed by atoms with Crippen molar-refractivity contribution >= 4 is 17.6 Å². The Bertz CT molecular complexity index is 464. The molecule has 0 bridgehead atoms. The van der Waals surface area contributed by atoms with Gasteiger partial charge in [-0.05, 0) is 25.5 Å². The Morgan fingerprint density at radius 2 is 1.86 bits per heavy atom. The van der Waals surface area contributed by atoms with E-state index in [1.54, 1.807) is 19.1 Å². The van der Waals surface area contributed by atoms with Gasteiger partial charge in [-0.15, -0.1) is 0 Å². The van der Waals surface area contributed by atoms with Gasteiger partial charge < -0.3 is 21.7 Å². The minimum Gasteiger partial charge on any atom is -0.350 e. The van der Waals surface area contributed by atoms with Crippen LogP contribution in [0.25, 0.3) is 0 Å². The van der Waals surface area contributed by atoms with Gasteiger partial charge in [-0.3, -0.25) is 4.79 Å². The Morgan fingerprint density at radius 3 is 2.45 bits per heavy atom. The summed E-state index contributed by atoms with van der Waals surface area (Å²) in [5.41, 5.74) is 6.33. The Hall–Kier alpha value is -2.08. The number of carbonyl (C=O) groups is 2. The summed E-state index contributed by atoms with van der Waals surface area (Å²) in [7, 11) is 0. The highest BCUT2D eigenvalue weighted by atomic mass is 16.2. The predicted octanol–water partition coefficient (Wildman–Crippen LogP) is 1.83. The van der Waals surface area contributed by atoms with Gasteiger partial charge in [0, 0.05) is 18.3 Å². The first-order valence-corrected chi connectivity index (χ1v) is 7.69. The standard InChI is InChI=1S/C16H26N4O2/c1-3-4-8-14(11-17)19-15(21)12(2)18-16(22)20-13-9-6-5-7-10-13/h5-7,9-10,12,14H,3-4,8,11,17H2,1-2H3,(H,19,21)(H2,18,20,22). The summed E-state index contributed by atoms with van der Waals surface area (Å²) in [6, 6.07) is 7.98. The van der Waals surface area contributed by atoms with Gasteiger partial charge in [0.15, 0.2) is 0 Å². The van der Waals surface area contributed by atoms with Gasteiger partial charge in [-0.2, -0.15) is 0 Å². The van der Waals surface area contributed by atoms with Crippen LogP contribution in [-0.4, -0.2) is 30.6 Å². The van der Waals surface area contributed by atoms with Crippen LogP contribution in [0.2, 0.25) is 0 Å². The number of nitrogens with two attached hydrogens (primary N) is 1. The second-order valence-corrected chi connectivity index (χ2v) is 5.27. The quantitative estimate of drug-likeness (QED) is 0.590. The monoisotopic (exact) mass is 306 g/mol. The topological polar surface area (TPSA) is 96.2 Å². The number of amides is 3. The zero-order valence-electron chi connectivity index (χ0n) is 13.3. The van der Waals surface area contributed by atoms with E-state index in [1.807, 2.05) is 18.2 Å². The van der Waals surface area contributed by atoms with Crippen molar-refractivity contribution in [1.29, 1.82) is 0 Å². The molecule has 1 rings (SSSR count). The molecule has 1 aromatic rings. The maximum absolute atomic E-state index is 12.1. The number of para-hydroxylation sites is 1. The van der Waals surface area contributed by atoms with E-state index in [4.69, 9.17) is 5.73 Å². The van der Waals surface area contributed by atoms with Crippen LogP contribution in [-0.2, 0) is 4.79 Å². The summed E-state index contributed by atoms with van der Waals surface area (Å²) < 4.78 is 0. The number of anilines is 1. The van der Waals surface area contributed by atoms with Gasteiger partial charge >= 0.3 is 6.03 Å². The third-order valence-electron chi connectivity index (χ3n) is 3.31. The molecule has 0 aliphatic rings. The Balaban J connectivity index is 2.41. The highest BCUT2D eigenvalue weighted by Gasteiger charge is 2.18. The minimum atomic E-state index is -0.626. The molecule has 5 N–H and O–H groups in total. The molecule has 0 aromatic heterocycles. The number of urea groups is 1. The lowest BCUT2D eigenvalue weighted by molar-refractivity contribution is -0.123. The number of hydrogen-bond donors (Lipinski definition) is 4. The smallest absolute Gasteiger partial charge is 0.319 e. The number of hydrogen-bond acceptors (Lipinski definition) is 3. The molecule has 2 unspecified atom stereocenters. The second kappa shape index (κ2) is 9.78. The van der Waals surface area contributed by atoms with E-state index in [0.717, 1.165) is 19.3 Å². The predicted molar refractivity (Wildman–Crippen MR) is 88.6 cm³/mol. The van der Waals surface area contributed by atoms with Gasteiger partial charge in [0.2, 0.25) is 5.91 Å². The van der Waals surface area contributed by atoms with Crippen LogP contribution in [0.15, 0.2) is 30.3 Å². The lowest BCUT2D eigenvalue weighted by atomic mass is 10.1. The average Bonchev–Trinajstić information content (AvgIpc) is 2.51. The van der Waals surface area contributed by atoms with Gasteiger partial charge in [0.25, 0.3) is 0 Å². The molecule has 6 nitrogen and oxygen atoms in total. The molecule has 0 aliphatic heterocycles. The molecule has 2 atom stereocenters. The first-order valence-electron chi connectivity index (χ1n) is 7.69. The van der Waals surface area contributed by atoms with Crippen molar-refractivity contribution < 1.29 is 9.59 Å². The van der Waals surface area contributed by atoms with Gasteiger partial charge in [0.05, 0.1) is 0 Å². The summed E-state index contributed by atoms with van der Waals surface area (Å²) in [6.07, 6.45) is 2.92. The Labute approximate surface area is 131 Å². The van der Waals surface area contributed by atoms with Crippen LogP contribution in [0.4, 0.5) is 10.5 Å².